The van der Waals surface area contributed by atoms with E-state index in [1.807, 2.05) is 11.3 Å². The lowest BCUT2D eigenvalue weighted by Crippen LogP contribution is -2.49. The molecule has 4 rings (SSSR count). The molecule has 2 aromatic rings. The van der Waals surface area contributed by atoms with Crippen LogP contribution < -0.4 is 5.32 Å². The minimum absolute atomic E-state index is 0.166. The number of thiophene rings is 1. The van der Waals surface area contributed by atoms with Gasteiger partial charge in [0.05, 0.1) is 12.6 Å². The Morgan fingerprint density at radius 2 is 1.81 bits per heavy atom. The van der Waals surface area contributed by atoms with Crippen molar-refractivity contribution < 1.29 is 4.79 Å². The molecule has 144 valence electrons. The van der Waals surface area contributed by atoms with Gasteiger partial charge in [-0.1, -0.05) is 35.9 Å². The van der Waals surface area contributed by atoms with Crippen molar-refractivity contribution in [3.8, 4) is 0 Å². The monoisotopic (exact) mass is 383 g/mol. The Morgan fingerprint density at radius 1 is 1.11 bits per heavy atom. The minimum Gasteiger partial charge on any atom is -0.348 e. The zero-order chi connectivity index (χ0) is 18.6. The molecule has 1 saturated carbocycles. The van der Waals surface area contributed by atoms with Gasteiger partial charge in [-0.05, 0) is 42.7 Å². The van der Waals surface area contributed by atoms with Crippen LogP contribution in [0.25, 0.3) is 0 Å². The lowest BCUT2D eigenvalue weighted by Gasteiger charge is -2.34. The lowest BCUT2D eigenvalue weighted by molar-refractivity contribution is -0.123. The van der Waals surface area contributed by atoms with Gasteiger partial charge in [-0.15, -0.1) is 11.3 Å². The topological polar surface area (TPSA) is 35.6 Å². The van der Waals surface area contributed by atoms with Crippen LogP contribution in [0.2, 0.25) is 0 Å². The molecular weight excluding hydrogens is 354 g/mol. The van der Waals surface area contributed by atoms with Gasteiger partial charge in [-0.3, -0.25) is 14.6 Å². The van der Waals surface area contributed by atoms with Crippen molar-refractivity contribution in [2.24, 2.45) is 5.92 Å². The van der Waals surface area contributed by atoms with Gasteiger partial charge in [0.25, 0.3) is 0 Å². The molecular formula is C22H29N3OS. The number of piperazine rings is 1. The molecule has 1 aromatic carbocycles. The van der Waals surface area contributed by atoms with E-state index in [-0.39, 0.29) is 11.9 Å². The molecule has 0 spiro atoms. The Bertz CT molecular complexity index is 731. The van der Waals surface area contributed by atoms with Gasteiger partial charge >= 0.3 is 0 Å². The highest BCUT2D eigenvalue weighted by Gasteiger charge is 2.33. The first-order chi connectivity index (χ1) is 13.2. The number of carbonyl (C=O) groups excluding carboxylic acids is 1. The molecule has 5 heteroatoms. The third-order valence-corrected chi connectivity index (χ3v) is 6.50. The van der Waals surface area contributed by atoms with Gasteiger partial charge in [0, 0.05) is 37.6 Å². The Labute approximate surface area is 166 Å². The normalized spacial score (nSPS) is 19.7. The summed E-state index contributed by atoms with van der Waals surface area (Å²) in [4.78, 5) is 18.9. The zero-order valence-corrected chi connectivity index (χ0v) is 16.9. The fourth-order valence-corrected chi connectivity index (χ4v) is 4.57. The van der Waals surface area contributed by atoms with Crippen molar-refractivity contribution >= 4 is 17.2 Å². The van der Waals surface area contributed by atoms with Crippen LogP contribution in [0.5, 0.6) is 0 Å². The number of amides is 1. The third-order valence-electron chi connectivity index (χ3n) is 5.64. The van der Waals surface area contributed by atoms with E-state index in [0.717, 1.165) is 32.7 Å². The number of aryl methyl sites for hydroxylation is 1. The number of hydrogen-bond donors (Lipinski definition) is 1. The van der Waals surface area contributed by atoms with E-state index in [4.69, 9.17) is 0 Å². The number of nitrogens with zero attached hydrogens (tertiary/aromatic N) is 2. The second-order valence-electron chi connectivity index (χ2n) is 7.92. The molecule has 2 fully saturated rings. The summed E-state index contributed by atoms with van der Waals surface area (Å²) < 4.78 is 0. The molecule has 1 N–H and O–H groups in total. The molecule has 1 unspecified atom stereocenters. The van der Waals surface area contributed by atoms with Gasteiger partial charge in [0.2, 0.25) is 5.91 Å². The van der Waals surface area contributed by atoms with E-state index >= 15 is 0 Å². The first kappa shape index (κ1) is 18.7. The summed E-state index contributed by atoms with van der Waals surface area (Å²) >= 11 is 1.82. The van der Waals surface area contributed by atoms with Crippen molar-refractivity contribution in [2.75, 3.05) is 32.7 Å². The van der Waals surface area contributed by atoms with E-state index in [2.05, 4.69) is 63.8 Å². The van der Waals surface area contributed by atoms with E-state index < -0.39 is 0 Å². The van der Waals surface area contributed by atoms with Gasteiger partial charge in [-0.2, -0.15) is 0 Å². The van der Waals surface area contributed by atoms with Crippen LogP contribution >= 0.6 is 11.3 Å². The number of benzene rings is 1. The maximum atomic E-state index is 12.7. The molecule has 0 bridgehead atoms. The molecule has 1 saturated heterocycles. The molecule has 1 aliphatic heterocycles. The molecule has 1 aliphatic carbocycles. The predicted molar refractivity (Wildman–Crippen MR) is 111 cm³/mol. The van der Waals surface area contributed by atoms with E-state index in [1.165, 1.54) is 28.8 Å². The van der Waals surface area contributed by atoms with Crippen LogP contribution in [0, 0.1) is 12.8 Å². The summed E-state index contributed by atoms with van der Waals surface area (Å²) in [5, 5.41) is 5.46. The molecule has 0 radical (unpaired) electrons. The van der Waals surface area contributed by atoms with Crippen LogP contribution in [0.4, 0.5) is 0 Å². The Kier molecular flexibility index (Phi) is 5.91. The van der Waals surface area contributed by atoms with Gasteiger partial charge in [0.1, 0.15) is 0 Å². The quantitative estimate of drug-likeness (QED) is 0.796. The number of hydrogen-bond acceptors (Lipinski definition) is 4. The number of carbonyl (C=O) groups is 1. The average Bonchev–Trinajstić information content (AvgIpc) is 3.39. The molecule has 1 amide bonds. The second-order valence-corrected chi connectivity index (χ2v) is 8.96. The van der Waals surface area contributed by atoms with Crippen LogP contribution in [0.3, 0.4) is 0 Å². The summed E-state index contributed by atoms with van der Waals surface area (Å²) in [6.45, 7) is 7.67. The fourth-order valence-electron chi connectivity index (χ4n) is 3.83. The fraction of sp³-hybridized carbons (Fsp3) is 0.500. The largest absolute Gasteiger partial charge is 0.348 e. The molecule has 2 aliphatic rings. The summed E-state index contributed by atoms with van der Waals surface area (Å²) in [5.74, 6) is 0.776. The molecule has 1 aromatic heterocycles. The van der Waals surface area contributed by atoms with Crippen molar-refractivity contribution in [1.29, 1.82) is 0 Å². The smallest absolute Gasteiger partial charge is 0.234 e. The standard InChI is InChI=1S/C22H29N3OS/c1-17-4-6-18(7-5-17)22(19-8-9-19)23-21(26)16-25-12-10-24(11-13-25)15-20-3-2-14-27-20/h2-7,14,19,22H,8-13,15-16H2,1H3,(H,23,26). The highest BCUT2D eigenvalue weighted by atomic mass is 32.1. The van der Waals surface area contributed by atoms with Crippen molar-refractivity contribution in [3.63, 3.8) is 0 Å². The van der Waals surface area contributed by atoms with Crippen LogP contribution in [0.15, 0.2) is 41.8 Å². The molecule has 27 heavy (non-hydrogen) atoms. The highest BCUT2D eigenvalue weighted by Crippen LogP contribution is 2.41. The van der Waals surface area contributed by atoms with Gasteiger partial charge in [0.15, 0.2) is 0 Å². The Morgan fingerprint density at radius 3 is 2.44 bits per heavy atom. The highest BCUT2D eigenvalue weighted by molar-refractivity contribution is 7.09. The zero-order valence-electron chi connectivity index (χ0n) is 16.1. The molecule has 2 heterocycles. The first-order valence-electron chi connectivity index (χ1n) is 10.0. The van der Waals surface area contributed by atoms with Crippen molar-refractivity contribution in [3.05, 3.63) is 57.8 Å². The molecule has 1 atom stereocenters. The van der Waals surface area contributed by atoms with E-state index in [0.29, 0.717) is 12.5 Å². The van der Waals surface area contributed by atoms with E-state index in [9.17, 15) is 4.79 Å². The number of nitrogens with one attached hydrogen (secondary N) is 1. The maximum absolute atomic E-state index is 12.7. The van der Waals surface area contributed by atoms with Gasteiger partial charge in [-0.25, -0.2) is 0 Å². The Hall–Kier alpha value is -1.69. The summed E-state index contributed by atoms with van der Waals surface area (Å²) in [5.41, 5.74) is 2.51. The molecule has 4 nitrogen and oxygen atoms in total. The summed E-state index contributed by atoms with van der Waals surface area (Å²) in [6.07, 6.45) is 2.44. The average molecular weight is 384 g/mol. The summed E-state index contributed by atoms with van der Waals surface area (Å²) in [7, 11) is 0. The maximum Gasteiger partial charge on any atom is 0.234 e. The first-order valence-corrected chi connectivity index (χ1v) is 10.9. The second kappa shape index (κ2) is 8.55. The predicted octanol–water partition coefficient (Wildman–Crippen LogP) is 3.44. The van der Waals surface area contributed by atoms with Crippen molar-refractivity contribution in [1.82, 2.24) is 15.1 Å². The number of rotatable bonds is 7. The SMILES string of the molecule is Cc1ccc(C(NC(=O)CN2CCN(Cc3cccs3)CC2)C2CC2)cc1. The minimum atomic E-state index is 0.166. The van der Waals surface area contributed by atoms with Crippen LogP contribution in [-0.4, -0.2) is 48.4 Å². The van der Waals surface area contributed by atoms with Crippen LogP contribution in [-0.2, 0) is 11.3 Å². The summed E-state index contributed by atoms with van der Waals surface area (Å²) in [6, 6.07) is 13.1. The van der Waals surface area contributed by atoms with Crippen LogP contribution in [0.1, 0.15) is 34.9 Å². The Balaban J connectivity index is 1.26. The van der Waals surface area contributed by atoms with Crippen molar-refractivity contribution in [2.45, 2.75) is 32.4 Å². The lowest BCUT2D eigenvalue weighted by atomic mass is 10.0. The third kappa shape index (κ3) is 5.18. The van der Waals surface area contributed by atoms with Gasteiger partial charge < -0.3 is 5.32 Å². The van der Waals surface area contributed by atoms with E-state index in [1.54, 1.807) is 0 Å².